The first kappa shape index (κ1) is 12.6. The van der Waals surface area contributed by atoms with Crippen LogP contribution in [0.3, 0.4) is 0 Å². The van der Waals surface area contributed by atoms with E-state index in [-0.39, 0.29) is 6.10 Å². The standard InChI is InChI=1S/C10H21NO2/c1-9(2)5-6-11-7-10(13-4)8-12-3/h5,10-11H,6-8H2,1-4H3. The molecule has 0 fully saturated rings. The summed E-state index contributed by atoms with van der Waals surface area (Å²) in [5, 5.41) is 3.27. The zero-order valence-electron chi connectivity index (χ0n) is 9.09. The lowest BCUT2D eigenvalue weighted by Gasteiger charge is -2.14. The van der Waals surface area contributed by atoms with Gasteiger partial charge < -0.3 is 14.8 Å². The number of allylic oxidation sites excluding steroid dienone is 1. The van der Waals surface area contributed by atoms with Crippen LogP contribution in [0.2, 0.25) is 0 Å². The summed E-state index contributed by atoms with van der Waals surface area (Å²) >= 11 is 0. The predicted octanol–water partition coefficient (Wildman–Crippen LogP) is 1.20. The van der Waals surface area contributed by atoms with E-state index in [1.165, 1.54) is 5.57 Å². The predicted molar refractivity (Wildman–Crippen MR) is 55.0 cm³/mol. The molecule has 0 radical (unpaired) electrons. The van der Waals surface area contributed by atoms with Crippen LogP contribution in [0.4, 0.5) is 0 Å². The van der Waals surface area contributed by atoms with Gasteiger partial charge in [-0.05, 0) is 13.8 Å². The Kier molecular flexibility index (Phi) is 7.99. The van der Waals surface area contributed by atoms with Gasteiger partial charge in [-0.1, -0.05) is 11.6 Å². The maximum atomic E-state index is 5.19. The number of hydrogen-bond acceptors (Lipinski definition) is 3. The molecule has 0 aromatic rings. The molecule has 0 spiro atoms. The van der Waals surface area contributed by atoms with Crippen LogP contribution in [-0.2, 0) is 9.47 Å². The van der Waals surface area contributed by atoms with Gasteiger partial charge in [0.1, 0.15) is 0 Å². The van der Waals surface area contributed by atoms with Gasteiger partial charge >= 0.3 is 0 Å². The average molecular weight is 187 g/mol. The SMILES string of the molecule is COCC(CNCC=C(C)C)OC. The second kappa shape index (κ2) is 8.23. The topological polar surface area (TPSA) is 30.5 Å². The molecule has 78 valence electrons. The van der Waals surface area contributed by atoms with Crippen molar-refractivity contribution in [1.82, 2.24) is 5.32 Å². The fourth-order valence-electron chi connectivity index (χ4n) is 0.917. The molecule has 3 nitrogen and oxygen atoms in total. The summed E-state index contributed by atoms with van der Waals surface area (Å²) in [6, 6.07) is 0. The van der Waals surface area contributed by atoms with E-state index in [4.69, 9.17) is 9.47 Å². The Hall–Kier alpha value is -0.380. The third-order valence-corrected chi connectivity index (χ3v) is 1.71. The molecule has 0 aliphatic rings. The van der Waals surface area contributed by atoms with Crippen LogP contribution < -0.4 is 5.32 Å². The molecule has 1 atom stereocenters. The highest BCUT2D eigenvalue weighted by atomic mass is 16.5. The van der Waals surface area contributed by atoms with E-state index in [2.05, 4.69) is 25.2 Å². The number of ether oxygens (including phenoxy) is 2. The van der Waals surface area contributed by atoms with E-state index < -0.39 is 0 Å². The number of rotatable bonds is 7. The molecule has 0 saturated carbocycles. The summed E-state index contributed by atoms with van der Waals surface area (Å²) < 4.78 is 10.2. The van der Waals surface area contributed by atoms with Gasteiger partial charge in [-0.15, -0.1) is 0 Å². The van der Waals surface area contributed by atoms with E-state index in [1.807, 2.05) is 0 Å². The molecule has 0 rings (SSSR count). The molecule has 1 unspecified atom stereocenters. The molecule has 0 bridgehead atoms. The first-order valence-corrected chi connectivity index (χ1v) is 4.56. The minimum absolute atomic E-state index is 0.149. The highest BCUT2D eigenvalue weighted by molar-refractivity contribution is 4.94. The number of methoxy groups -OCH3 is 2. The average Bonchev–Trinajstić information content (AvgIpc) is 2.10. The summed E-state index contributed by atoms with van der Waals surface area (Å²) in [5.74, 6) is 0. The zero-order chi connectivity index (χ0) is 10.1. The third-order valence-electron chi connectivity index (χ3n) is 1.71. The molecule has 0 saturated heterocycles. The molecular formula is C10H21NO2. The van der Waals surface area contributed by atoms with E-state index in [0.29, 0.717) is 6.61 Å². The molecule has 0 amide bonds. The molecule has 3 heteroatoms. The number of nitrogens with one attached hydrogen (secondary N) is 1. The molecule has 0 aliphatic carbocycles. The minimum Gasteiger partial charge on any atom is -0.382 e. The highest BCUT2D eigenvalue weighted by Crippen LogP contribution is 1.89. The van der Waals surface area contributed by atoms with Crippen molar-refractivity contribution in [1.29, 1.82) is 0 Å². The second-order valence-electron chi connectivity index (χ2n) is 3.25. The first-order valence-electron chi connectivity index (χ1n) is 4.56. The summed E-state index contributed by atoms with van der Waals surface area (Å²) in [5.41, 5.74) is 1.33. The van der Waals surface area contributed by atoms with Crippen molar-refractivity contribution in [3.05, 3.63) is 11.6 Å². The quantitative estimate of drug-likeness (QED) is 0.480. The van der Waals surface area contributed by atoms with E-state index in [9.17, 15) is 0 Å². The molecule has 0 aromatic carbocycles. The van der Waals surface area contributed by atoms with Gasteiger partial charge in [0, 0.05) is 27.3 Å². The smallest absolute Gasteiger partial charge is 0.0928 e. The van der Waals surface area contributed by atoms with Crippen LogP contribution in [0, 0.1) is 0 Å². The molecule has 1 N–H and O–H groups in total. The van der Waals surface area contributed by atoms with E-state index in [0.717, 1.165) is 13.1 Å². The second-order valence-corrected chi connectivity index (χ2v) is 3.25. The normalized spacial score (nSPS) is 12.6. The van der Waals surface area contributed by atoms with Crippen LogP contribution in [0.1, 0.15) is 13.8 Å². The highest BCUT2D eigenvalue weighted by Gasteiger charge is 2.04. The van der Waals surface area contributed by atoms with Gasteiger partial charge in [-0.2, -0.15) is 0 Å². The Morgan fingerprint density at radius 3 is 2.54 bits per heavy atom. The third kappa shape index (κ3) is 7.96. The molecule has 0 heterocycles. The van der Waals surface area contributed by atoms with Crippen molar-refractivity contribution in [3.63, 3.8) is 0 Å². The Morgan fingerprint density at radius 2 is 2.08 bits per heavy atom. The van der Waals surface area contributed by atoms with Crippen LogP contribution >= 0.6 is 0 Å². The van der Waals surface area contributed by atoms with Crippen molar-refractivity contribution >= 4 is 0 Å². The van der Waals surface area contributed by atoms with Crippen LogP contribution in [0.15, 0.2) is 11.6 Å². The summed E-state index contributed by atoms with van der Waals surface area (Å²) in [7, 11) is 3.38. The van der Waals surface area contributed by atoms with Gasteiger partial charge in [0.25, 0.3) is 0 Å². The first-order chi connectivity index (χ1) is 6.20. The van der Waals surface area contributed by atoms with Gasteiger partial charge in [0.2, 0.25) is 0 Å². The largest absolute Gasteiger partial charge is 0.382 e. The lowest BCUT2D eigenvalue weighted by Crippen LogP contribution is -2.31. The summed E-state index contributed by atoms with van der Waals surface area (Å²) in [4.78, 5) is 0. The van der Waals surface area contributed by atoms with Crippen LogP contribution in [0.25, 0.3) is 0 Å². The summed E-state index contributed by atoms with van der Waals surface area (Å²) in [6.07, 6.45) is 2.30. The van der Waals surface area contributed by atoms with Crippen molar-refractivity contribution in [2.45, 2.75) is 20.0 Å². The molecule has 0 aromatic heterocycles. The van der Waals surface area contributed by atoms with E-state index >= 15 is 0 Å². The molecular weight excluding hydrogens is 166 g/mol. The Bertz CT molecular complexity index is 142. The van der Waals surface area contributed by atoms with Crippen molar-refractivity contribution in [2.24, 2.45) is 0 Å². The fourth-order valence-corrected chi connectivity index (χ4v) is 0.917. The molecule has 13 heavy (non-hydrogen) atoms. The monoisotopic (exact) mass is 187 g/mol. The van der Waals surface area contributed by atoms with Crippen molar-refractivity contribution in [2.75, 3.05) is 33.9 Å². The Labute approximate surface area is 81.1 Å². The van der Waals surface area contributed by atoms with Gasteiger partial charge in [-0.3, -0.25) is 0 Å². The maximum absolute atomic E-state index is 5.19. The zero-order valence-corrected chi connectivity index (χ0v) is 9.09. The van der Waals surface area contributed by atoms with Crippen LogP contribution in [-0.4, -0.2) is 40.0 Å². The van der Waals surface area contributed by atoms with Gasteiger partial charge in [0.05, 0.1) is 12.7 Å². The van der Waals surface area contributed by atoms with Crippen molar-refractivity contribution < 1.29 is 9.47 Å². The maximum Gasteiger partial charge on any atom is 0.0928 e. The van der Waals surface area contributed by atoms with E-state index in [1.54, 1.807) is 14.2 Å². The molecule has 0 aliphatic heterocycles. The van der Waals surface area contributed by atoms with Gasteiger partial charge in [-0.25, -0.2) is 0 Å². The lowest BCUT2D eigenvalue weighted by atomic mass is 10.3. The Balaban J connectivity index is 3.43. The fraction of sp³-hybridized carbons (Fsp3) is 0.800. The minimum atomic E-state index is 0.149. The van der Waals surface area contributed by atoms with Crippen molar-refractivity contribution in [3.8, 4) is 0 Å². The Morgan fingerprint density at radius 1 is 1.38 bits per heavy atom. The summed E-state index contributed by atoms with van der Waals surface area (Å²) in [6.45, 7) is 6.54. The van der Waals surface area contributed by atoms with Crippen LogP contribution in [0.5, 0.6) is 0 Å². The van der Waals surface area contributed by atoms with Gasteiger partial charge in [0.15, 0.2) is 0 Å². The number of hydrogen-bond donors (Lipinski definition) is 1. The lowest BCUT2D eigenvalue weighted by molar-refractivity contribution is 0.0295.